The van der Waals surface area contributed by atoms with Crippen molar-refractivity contribution in [1.82, 2.24) is 0 Å². The van der Waals surface area contributed by atoms with Crippen molar-refractivity contribution in [3.05, 3.63) is 30.3 Å². The van der Waals surface area contributed by atoms with E-state index in [0.29, 0.717) is 0 Å². The zero-order chi connectivity index (χ0) is 14.7. The molecule has 0 unspecified atom stereocenters. The van der Waals surface area contributed by atoms with Crippen LogP contribution in [0.2, 0.25) is 45.8 Å². The van der Waals surface area contributed by atoms with Gasteiger partial charge in [0, 0.05) is 5.69 Å². The first-order chi connectivity index (χ1) is 8.49. The van der Waals surface area contributed by atoms with Gasteiger partial charge in [0.15, 0.2) is 16.6 Å². The zero-order valence-corrected chi connectivity index (χ0v) is 16.2. The second-order valence-corrected chi connectivity index (χ2v) is 19.1. The minimum atomic E-state index is -2.39. The standard InChI is InChI=1S/C13H27NO2Si3/c1-17(2,3)15-19(7,16-18(4,5)6)14-13-11-9-8-10-12-13/h8-12,14H,1-7H3. The topological polar surface area (TPSA) is 30.5 Å². The van der Waals surface area contributed by atoms with Gasteiger partial charge >= 0.3 is 8.72 Å². The molecule has 0 aromatic heterocycles. The fraction of sp³-hybridized carbons (Fsp3) is 0.538. The minimum Gasteiger partial charge on any atom is -0.421 e. The van der Waals surface area contributed by atoms with E-state index in [0.717, 1.165) is 5.69 Å². The average molecular weight is 314 g/mol. The molecule has 108 valence electrons. The van der Waals surface area contributed by atoms with Crippen molar-refractivity contribution in [3.63, 3.8) is 0 Å². The fourth-order valence-corrected chi connectivity index (χ4v) is 13.0. The predicted molar refractivity (Wildman–Crippen MR) is 90.5 cm³/mol. The Kier molecular flexibility index (Phi) is 5.19. The number of benzene rings is 1. The highest BCUT2D eigenvalue weighted by Crippen LogP contribution is 2.22. The van der Waals surface area contributed by atoms with Gasteiger partial charge in [-0.05, 0) is 58.0 Å². The van der Waals surface area contributed by atoms with E-state index < -0.39 is 25.4 Å². The van der Waals surface area contributed by atoms with Crippen LogP contribution in [0.4, 0.5) is 5.69 Å². The molecule has 0 atom stereocenters. The van der Waals surface area contributed by atoms with Crippen LogP contribution in [-0.4, -0.2) is 25.4 Å². The zero-order valence-electron chi connectivity index (χ0n) is 13.2. The summed E-state index contributed by atoms with van der Waals surface area (Å²) >= 11 is 0. The smallest absolute Gasteiger partial charge is 0.421 e. The van der Waals surface area contributed by atoms with E-state index in [2.05, 4.69) is 62.9 Å². The number of para-hydroxylation sites is 1. The Morgan fingerprint density at radius 3 is 1.53 bits per heavy atom. The molecule has 1 rings (SSSR count). The van der Waals surface area contributed by atoms with Crippen molar-refractivity contribution in [2.24, 2.45) is 0 Å². The van der Waals surface area contributed by atoms with Gasteiger partial charge in [-0.2, -0.15) is 0 Å². The molecule has 0 aliphatic carbocycles. The quantitative estimate of drug-likeness (QED) is 0.791. The van der Waals surface area contributed by atoms with Gasteiger partial charge in [0.1, 0.15) is 0 Å². The van der Waals surface area contributed by atoms with Gasteiger partial charge in [-0.1, -0.05) is 18.2 Å². The first-order valence-electron chi connectivity index (χ1n) is 6.73. The van der Waals surface area contributed by atoms with E-state index in [1.807, 2.05) is 18.2 Å². The first kappa shape index (κ1) is 16.6. The highest BCUT2D eigenvalue weighted by atomic mass is 28.5. The molecule has 0 aliphatic heterocycles. The van der Waals surface area contributed by atoms with Gasteiger partial charge in [0.05, 0.1) is 0 Å². The molecule has 0 fully saturated rings. The van der Waals surface area contributed by atoms with Gasteiger partial charge in [-0.3, -0.25) is 0 Å². The summed E-state index contributed by atoms with van der Waals surface area (Å²) in [6.45, 7) is 15.4. The van der Waals surface area contributed by atoms with Crippen LogP contribution in [-0.2, 0) is 8.23 Å². The lowest BCUT2D eigenvalue weighted by molar-refractivity contribution is 0.395. The average Bonchev–Trinajstić information content (AvgIpc) is 2.11. The van der Waals surface area contributed by atoms with Crippen LogP contribution in [0, 0.1) is 0 Å². The predicted octanol–water partition coefficient (Wildman–Crippen LogP) is 4.37. The van der Waals surface area contributed by atoms with E-state index >= 15 is 0 Å². The Labute approximate surface area is 120 Å². The normalized spacial score (nSPS) is 13.4. The molecule has 19 heavy (non-hydrogen) atoms. The summed E-state index contributed by atoms with van der Waals surface area (Å²) in [5.41, 5.74) is 1.08. The van der Waals surface area contributed by atoms with Crippen LogP contribution >= 0.6 is 0 Å². The second kappa shape index (κ2) is 5.92. The lowest BCUT2D eigenvalue weighted by atomic mass is 10.3. The Morgan fingerprint density at radius 2 is 1.16 bits per heavy atom. The lowest BCUT2D eigenvalue weighted by Crippen LogP contribution is -2.58. The molecule has 0 saturated heterocycles. The van der Waals surface area contributed by atoms with Crippen molar-refractivity contribution < 1.29 is 8.23 Å². The third kappa shape index (κ3) is 7.07. The maximum atomic E-state index is 6.38. The molecular formula is C13H27NO2Si3. The fourth-order valence-electron chi connectivity index (χ4n) is 2.02. The van der Waals surface area contributed by atoms with Gasteiger partial charge in [-0.15, -0.1) is 0 Å². The molecule has 1 aromatic carbocycles. The Balaban J connectivity index is 2.92. The van der Waals surface area contributed by atoms with Gasteiger partial charge in [0.25, 0.3) is 0 Å². The van der Waals surface area contributed by atoms with Crippen molar-refractivity contribution in [1.29, 1.82) is 0 Å². The lowest BCUT2D eigenvalue weighted by Gasteiger charge is -2.38. The molecule has 6 heteroatoms. The molecule has 0 radical (unpaired) electrons. The second-order valence-electron chi connectivity index (χ2n) is 6.87. The van der Waals surface area contributed by atoms with E-state index in [-0.39, 0.29) is 0 Å². The van der Waals surface area contributed by atoms with E-state index in [9.17, 15) is 0 Å². The van der Waals surface area contributed by atoms with E-state index in [1.54, 1.807) is 0 Å². The van der Waals surface area contributed by atoms with E-state index in [4.69, 9.17) is 8.23 Å². The third-order valence-corrected chi connectivity index (χ3v) is 10.9. The van der Waals surface area contributed by atoms with Crippen LogP contribution in [0.1, 0.15) is 0 Å². The summed E-state index contributed by atoms with van der Waals surface area (Å²) in [5.74, 6) is 0. The van der Waals surface area contributed by atoms with Gasteiger partial charge < -0.3 is 13.2 Å². The summed E-state index contributed by atoms with van der Waals surface area (Å²) in [4.78, 5) is 3.53. The molecule has 0 amide bonds. The monoisotopic (exact) mass is 313 g/mol. The minimum absolute atomic E-state index is 1.08. The molecule has 0 bridgehead atoms. The molecule has 0 saturated carbocycles. The summed E-state index contributed by atoms with van der Waals surface area (Å²) < 4.78 is 12.8. The number of anilines is 1. The Morgan fingerprint density at radius 1 is 0.737 bits per heavy atom. The molecule has 1 N–H and O–H groups in total. The summed E-state index contributed by atoms with van der Waals surface area (Å²) in [5, 5.41) is 0. The first-order valence-corrected chi connectivity index (χ1v) is 15.9. The summed E-state index contributed by atoms with van der Waals surface area (Å²) in [6, 6.07) is 10.2. The van der Waals surface area contributed by atoms with Gasteiger partial charge in [0.2, 0.25) is 0 Å². The van der Waals surface area contributed by atoms with Crippen LogP contribution in [0.25, 0.3) is 0 Å². The largest absolute Gasteiger partial charge is 0.432 e. The van der Waals surface area contributed by atoms with Crippen molar-refractivity contribution in [3.8, 4) is 0 Å². The number of nitrogens with one attached hydrogen (secondary N) is 1. The van der Waals surface area contributed by atoms with Crippen LogP contribution in [0.15, 0.2) is 30.3 Å². The third-order valence-electron chi connectivity index (χ3n) is 2.15. The molecule has 0 aliphatic rings. The SMILES string of the molecule is C[Si](C)(C)O[Si](C)(Nc1ccccc1)O[Si](C)(C)C. The molecule has 1 aromatic rings. The maximum absolute atomic E-state index is 6.38. The van der Waals surface area contributed by atoms with Crippen molar-refractivity contribution >= 4 is 31.0 Å². The van der Waals surface area contributed by atoms with Crippen LogP contribution < -0.4 is 4.98 Å². The number of hydrogen-bond donors (Lipinski definition) is 1. The van der Waals surface area contributed by atoms with Crippen LogP contribution in [0.3, 0.4) is 0 Å². The Hall–Kier alpha value is -0.409. The highest BCUT2D eigenvalue weighted by Gasteiger charge is 2.41. The molecule has 0 heterocycles. The van der Waals surface area contributed by atoms with Gasteiger partial charge in [-0.25, -0.2) is 0 Å². The van der Waals surface area contributed by atoms with Crippen LogP contribution in [0.5, 0.6) is 0 Å². The maximum Gasteiger partial charge on any atom is 0.432 e. The summed E-state index contributed by atoms with van der Waals surface area (Å²) in [7, 11) is -5.69. The van der Waals surface area contributed by atoms with Crippen molar-refractivity contribution in [2.75, 3.05) is 4.98 Å². The van der Waals surface area contributed by atoms with Crippen molar-refractivity contribution in [2.45, 2.75) is 45.8 Å². The number of hydrogen-bond acceptors (Lipinski definition) is 3. The highest BCUT2D eigenvalue weighted by molar-refractivity contribution is 6.89. The molecule has 3 nitrogen and oxygen atoms in total. The van der Waals surface area contributed by atoms with E-state index in [1.165, 1.54) is 0 Å². The number of rotatable bonds is 6. The summed E-state index contributed by atoms with van der Waals surface area (Å²) in [6.07, 6.45) is 0. The Bertz CT molecular complexity index is 383. The molecule has 0 spiro atoms. The molecular weight excluding hydrogens is 286 g/mol.